The maximum atomic E-state index is 12.3. The Balaban J connectivity index is 2.47. The van der Waals surface area contributed by atoms with Crippen molar-refractivity contribution in [3.05, 3.63) is 0 Å². The molecule has 0 bridgehead atoms. The predicted molar refractivity (Wildman–Crippen MR) is 66.1 cm³/mol. The number of hydrogen-bond donors (Lipinski definition) is 2. The lowest BCUT2D eigenvalue weighted by molar-refractivity contribution is -0.140. The highest BCUT2D eigenvalue weighted by Crippen LogP contribution is 2.38. The first-order valence-corrected chi connectivity index (χ1v) is 6.26. The first-order chi connectivity index (χ1) is 7.66. The van der Waals surface area contributed by atoms with Gasteiger partial charge in [0.2, 0.25) is 5.91 Å². The van der Waals surface area contributed by atoms with Gasteiger partial charge >= 0.3 is 0 Å². The lowest BCUT2D eigenvalue weighted by atomic mass is 9.85. The number of carbonyl (C=O) groups excluding carboxylic acids is 1. The Labute approximate surface area is 98.6 Å². The lowest BCUT2D eigenvalue weighted by Crippen LogP contribution is -2.45. The summed E-state index contributed by atoms with van der Waals surface area (Å²) in [6, 6.07) is 0. The zero-order valence-corrected chi connectivity index (χ0v) is 10.6. The Bertz CT molecular complexity index is 224. The Morgan fingerprint density at radius 3 is 2.56 bits per heavy atom. The largest absolute Gasteiger partial charge is 0.345 e. The van der Waals surface area contributed by atoms with Crippen molar-refractivity contribution in [1.29, 1.82) is 0 Å². The molecule has 1 amide bonds. The summed E-state index contributed by atoms with van der Waals surface area (Å²) in [7, 11) is 3.83. The highest BCUT2D eigenvalue weighted by Gasteiger charge is 2.41. The molecular formula is C12H25N3O. The molecule has 0 heterocycles. The molecule has 16 heavy (non-hydrogen) atoms. The summed E-state index contributed by atoms with van der Waals surface area (Å²) in [6.07, 6.45) is 5.23. The Hall–Kier alpha value is -0.610. The van der Waals surface area contributed by atoms with Crippen LogP contribution in [0.25, 0.3) is 0 Å². The third-order valence-corrected chi connectivity index (χ3v) is 3.67. The predicted octanol–water partition coefficient (Wildman–Crippen LogP) is 0.573. The van der Waals surface area contributed by atoms with Gasteiger partial charge in [-0.3, -0.25) is 4.79 Å². The van der Waals surface area contributed by atoms with Gasteiger partial charge in [0.1, 0.15) is 0 Å². The van der Waals surface area contributed by atoms with Gasteiger partial charge in [0, 0.05) is 20.1 Å². The van der Waals surface area contributed by atoms with Crippen LogP contribution in [-0.2, 0) is 4.79 Å². The van der Waals surface area contributed by atoms with Gasteiger partial charge in [-0.2, -0.15) is 0 Å². The quantitative estimate of drug-likeness (QED) is 0.652. The summed E-state index contributed by atoms with van der Waals surface area (Å²) in [4.78, 5) is 14.2. The maximum Gasteiger partial charge on any atom is 0.229 e. The van der Waals surface area contributed by atoms with E-state index < -0.39 is 0 Å². The standard InChI is InChI=1S/C12H25N3O/c1-14-8-5-9-15(2)11(16)12(10-13)6-3-4-7-12/h14H,3-10,13H2,1-2H3. The third kappa shape index (κ3) is 2.95. The van der Waals surface area contributed by atoms with Crippen LogP contribution >= 0.6 is 0 Å². The molecule has 0 aromatic rings. The maximum absolute atomic E-state index is 12.3. The molecule has 94 valence electrons. The topological polar surface area (TPSA) is 58.4 Å². The molecule has 0 aromatic heterocycles. The van der Waals surface area contributed by atoms with E-state index in [0.717, 1.165) is 45.2 Å². The fourth-order valence-corrected chi connectivity index (χ4v) is 2.56. The number of nitrogens with two attached hydrogens (primary N) is 1. The second-order valence-electron chi connectivity index (χ2n) is 4.88. The van der Waals surface area contributed by atoms with Crippen molar-refractivity contribution in [3.8, 4) is 0 Å². The summed E-state index contributed by atoms with van der Waals surface area (Å²) in [5, 5.41) is 3.09. The number of amides is 1. The van der Waals surface area contributed by atoms with Crippen LogP contribution < -0.4 is 11.1 Å². The van der Waals surface area contributed by atoms with Gasteiger partial charge in [0.05, 0.1) is 5.41 Å². The van der Waals surface area contributed by atoms with Crippen LogP contribution in [0.4, 0.5) is 0 Å². The molecule has 0 unspecified atom stereocenters. The van der Waals surface area contributed by atoms with Crippen molar-refractivity contribution in [1.82, 2.24) is 10.2 Å². The van der Waals surface area contributed by atoms with Crippen LogP contribution in [0.5, 0.6) is 0 Å². The number of hydrogen-bond acceptors (Lipinski definition) is 3. The summed E-state index contributed by atoms with van der Waals surface area (Å²) < 4.78 is 0. The fourth-order valence-electron chi connectivity index (χ4n) is 2.56. The van der Waals surface area contributed by atoms with Crippen molar-refractivity contribution in [2.75, 3.05) is 33.7 Å². The molecule has 1 saturated carbocycles. The van der Waals surface area contributed by atoms with Crippen LogP contribution in [0, 0.1) is 5.41 Å². The van der Waals surface area contributed by atoms with Crippen molar-refractivity contribution in [2.45, 2.75) is 32.1 Å². The lowest BCUT2D eigenvalue weighted by Gasteiger charge is -2.31. The van der Waals surface area contributed by atoms with E-state index in [0.29, 0.717) is 6.54 Å². The van der Waals surface area contributed by atoms with E-state index in [1.54, 1.807) is 0 Å². The molecule has 0 aliphatic heterocycles. The molecule has 1 aliphatic carbocycles. The molecule has 4 heteroatoms. The summed E-state index contributed by atoms with van der Waals surface area (Å²) in [5.74, 6) is 0.253. The fraction of sp³-hybridized carbons (Fsp3) is 0.917. The molecule has 1 rings (SSSR count). The van der Waals surface area contributed by atoms with Crippen LogP contribution in [0.2, 0.25) is 0 Å². The van der Waals surface area contributed by atoms with E-state index >= 15 is 0 Å². The molecule has 4 nitrogen and oxygen atoms in total. The van der Waals surface area contributed by atoms with Gasteiger partial charge < -0.3 is 16.0 Å². The summed E-state index contributed by atoms with van der Waals surface area (Å²) in [5.41, 5.74) is 5.56. The molecule has 3 N–H and O–H groups in total. The first-order valence-electron chi connectivity index (χ1n) is 6.26. The molecule has 0 saturated heterocycles. The molecule has 0 aromatic carbocycles. The zero-order chi connectivity index (χ0) is 12.0. The second-order valence-corrected chi connectivity index (χ2v) is 4.88. The van der Waals surface area contributed by atoms with Gasteiger partial charge in [0.15, 0.2) is 0 Å². The van der Waals surface area contributed by atoms with E-state index in [2.05, 4.69) is 5.32 Å². The minimum Gasteiger partial charge on any atom is -0.345 e. The van der Waals surface area contributed by atoms with Gasteiger partial charge in [-0.05, 0) is 32.9 Å². The summed E-state index contributed by atoms with van der Waals surface area (Å²) in [6.45, 7) is 2.27. The van der Waals surface area contributed by atoms with Crippen molar-refractivity contribution in [3.63, 3.8) is 0 Å². The molecular weight excluding hydrogens is 202 g/mol. The number of nitrogens with zero attached hydrogens (tertiary/aromatic N) is 1. The minimum absolute atomic E-state index is 0.242. The smallest absolute Gasteiger partial charge is 0.229 e. The van der Waals surface area contributed by atoms with Gasteiger partial charge in [-0.15, -0.1) is 0 Å². The molecule has 1 aliphatic rings. The molecule has 0 spiro atoms. The van der Waals surface area contributed by atoms with E-state index in [4.69, 9.17) is 5.73 Å². The molecule has 0 atom stereocenters. The highest BCUT2D eigenvalue weighted by molar-refractivity contribution is 5.83. The second kappa shape index (κ2) is 6.21. The Morgan fingerprint density at radius 1 is 1.44 bits per heavy atom. The third-order valence-electron chi connectivity index (χ3n) is 3.67. The average molecular weight is 227 g/mol. The Morgan fingerprint density at radius 2 is 2.06 bits per heavy atom. The molecule has 1 fully saturated rings. The minimum atomic E-state index is -0.242. The monoisotopic (exact) mass is 227 g/mol. The van der Waals surface area contributed by atoms with E-state index in [9.17, 15) is 4.79 Å². The number of rotatable bonds is 6. The van der Waals surface area contributed by atoms with E-state index in [1.807, 2.05) is 19.0 Å². The SMILES string of the molecule is CNCCCN(C)C(=O)C1(CN)CCCC1. The van der Waals surface area contributed by atoms with E-state index in [-0.39, 0.29) is 11.3 Å². The van der Waals surface area contributed by atoms with Crippen LogP contribution in [-0.4, -0.2) is 44.5 Å². The van der Waals surface area contributed by atoms with Crippen LogP contribution in [0.15, 0.2) is 0 Å². The van der Waals surface area contributed by atoms with Crippen LogP contribution in [0.1, 0.15) is 32.1 Å². The van der Waals surface area contributed by atoms with Crippen molar-refractivity contribution < 1.29 is 4.79 Å². The zero-order valence-electron chi connectivity index (χ0n) is 10.6. The molecule has 0 radical (unpaired) electrons. The summed E-state index contributed by atoms with van der Waals surface area (Å²) >= 11 is 0. The van der Waals surface area contributed by atoms with Gasteiger partial charge in [-0.1, -0.05) is 12.8 Å². The number of nitrogens with one attached hydrogen (secondary N) is 1. The Kier molecular flexibility index (Phi) is 5.22. The normalized spacial score (nSPS) is 18.7. The van der Waals surface area contributed by atoms with Crippen molar-refractivity contribution >= 4 is 5.91 Å². The highest BCUT2D eigenvalue weighted by atomic mass is 16.2. The average Bonchev–Trinajstić information content (AvgIpc) is 2.78. The number of carbonyl (C=O) groups is 1. The van der Waals surface area contributed by atoms with Crippen molar-refractivity contribution in [2.24, 2.45) is 11.1 Å². The van der Waals surface area contributed by atoms with Gasteiger partial charge in [-0.25, -0.2) is 0 Å². The van der Waals surface area contributed by atoms with E-state index in [1.165, 1.54) is 0 Å². The van der Waals surface area contributed by atoms with Crippen LogP contribution in [0.3, 0.4) is 0 Å². The van der Waals surface area contributed by atoms with Gasteiger partial charge in [0.25, 0.3) is 0 Å². The first kappa shape index (κ1) is 13.5.